The van der Waals surface area contributed by atoms with Crippen molar-refractivity contribution in [2.45, 2.75) is 24.4 Å². The average Bonchev–Trinajstić information content (AvgIpc) is 3.02. The van der Waals surface area contributed by atoms with Crippen LogP contribution in [0.15, 0.2) is 35.7 Å². The van der Waals surface area contributed by atoms with E-state index in [0.717, 1.165) is 38.9 Å². The minimum Gasteiger partial charge on any atom is -0.383 e. The fourth-order valence-electron chi connectivity index (χ4n) is 2.35. The first kappa shape index (κ1) is 16.2. The summed E-state index contributed by atoms with van der Waals surface area (Å²) in [6.07, 6.45) is 1.71. The lowest BCUT2D eigenvalue weighted by Crippen LogP contribution is -2.04. The third-order valence-electron chi connectivity index (χ3n) is 3.60. The quantitative estimate of drug-likeness (QED) is 0.635. The Balaban J connectivity index is 1.82. The molecule has 3 rings (SSSR count). The number of hydrogen-bond acceptors (Lipinski definition) is 5. The van der Waals surface area contributed by atoms with Gasteiger partial charge in [0, 0.05) is 24.8 Å². The number of aryl methyl sites for hydroxylation is 1. The van der Waals surface area contributed by atoms with Crippen molar-refractivity contribution in [3.63, 3.8) is 0 Å². The highest BCUT2D eigenvalue weighted by Gasteiger charge is 2.12. The Kier molecular flexibility index (Phi) is 5.15. The standard InChI is InChI=1S/C16H17ClN4OS/c1-11-12-5-3-4-6-13(12)19-14(15(11)17)9-23-16-20-18-10-21(16)7-8-22-2/h3-6,10H,7-9H2,1-2H3. The largest absolute Gasteiger partial charge is 0.383 e. The molecule has 0 fully saturated rings. The molecule has 0 spiro atoms. The van der Waals surface area contributed by atoms with Crippen LogP contribution in [0, 0.1) is 6.92 Å². The van der Waals surface area contributed by atoms with Gasteiger partial charge in [-0.2, -0.15) is 0 Å². The van der Waals surface area contributed by atoms with E-state index in [0.29, 0.717) is 12.4 Å². The van der Waals surface area contributed by atoms with Gasteiger partial charge in [-0.3, -0.25) is 4.98 Å². The molecule has 0 saturated heterocycles. The smallest absolute Gasteiger partial charge is 0.191 e. The van der Waals surface area contributed by atoms with Gasteiger partial charge < -0.3 is 9.30 Å². The summed E-state index contributed by atoms with van der Waals surface area (Å²) in [5.74, 6) is 0.649. The molecule has 120 valence electrons. The Bertz CT molecular complexity index is 821. The summed E-state index contributed by atoms with van der Waals surface area (Å²) in [6, 6.07) is 8.04. The molecule has 0 saturated carbocycles. The highest BCUT2D eigenvalue weighted by molar-refractivity contribution is 7.98. The van der Waals surface area contributed by atoms with E-state index in [9.17, 15) is 0 Å². The lowest BCUT2D eigenvalue weighted by atomic mass is 10.1. The Hall–Kier alpha value is -1.63. The summed E-state index contributed by atoms with van der Waals surface area (Å²) in [5, 5.41) is 10.8. The van der Waals surface area contributed by atoms with Crippen LogP contribution in [0.25, 0.3) is 10.9 Å². The molecule has 0 amide bonds. The molecule has 5 nitrogen and oxygen atoms in total. The number of halogens is 1. The van der Waals surface area contributed by atoms with Crippen LogP contribution in [0.3, 0.4) is 0 Å². The lowest BCUT2D eigenvalue weighted by molar-refractivity contribution is 0.184. The molecule has 0 N–H and O–H groups in total. The van der Waals surface area contributed by atoms with Gasteiger partial charge in [-0.1, -0.05) is 41.6 Å². The van der Waals surface area contributed by atoms with Crippen molar-refractivity contribution in [3.8, 4) is 0 Å². The summed E-state index contributed by atoms with van der Waals surface area (Å²) in [4.78, 5) is 4.69. The Morgan fingerprint density at radius 3 is 2.96 bits per heavy atom. The van der Waals surface area contributed by atoms with Crippen molar-refractivity contribution >= 4 is 34.3 Å². The van der Waals surface area contributed by atoms with Gasteiger partial charge in [0.15, 0.2) is 5.16 Å². The van der Waals surface area contributed by atoms with Crippen molar-refractivity contribution in [1.29, 1.82) is 0 Å². The van der Waals surface area contributed by atoms with E-state index in [1.807, 2.05) is 35.8 Å². The molecule has 0 bridgehead atoms. The van der Waals surface area contributed by atoms with Gasteiger partial charge >= 0.3 is 0 Å². The SMILES string of the molecule is COCCn1cnnc1SCc1nc2ccccc2c(C)c1Cl. The fourth-order valence-corrected chi connectivity index (χ4v) is 3.52. The second-order valence-corrected chi connectivity index (χ2v) is 6.42. The topological polar surface area (TPSA) is 52.8 Å². The molecular weight excluding hydrogens is 332 g/mol. The van der Waals surface area contributed by atoms with E-state index in [1.165, 1.54) is 0 Å². The van der Waals surface area contributed by atoms with Crippen LogP contribution >= 0.6 is 23.4 Å². The molecule has 0 atom stereocenters. The maximum Gasteiger partial charge on any atom is 0.191 e. The summed E-state index contributed by atoms with van der Waals surface area (Å²) in [7, 11) is 1.68. The van der Waals surface area contributed by atoms with Crippen molar-refractivity contribution in [1.82, 2.24) is 19.7 Å². The number of hydrogen-bond donors (Lipinski definition) is 0. The number of pyridine rings is 1. The van der Waals surface area contributed by atoms with Crippen LogP contribution < -0.4 is 0 Å². The molecule has 0 aliphatic heterocycles. The second kappa shape index (κ2) is 7.29. The van der Waals surface area contributed by atoms with Crippen molar-refractivity contribution in [2.24, 2.45) is 0 Å². The van der Waals surface area contributed by atoms with Gasteiger partial charge in [-0.25, -0.2) is 0 Å². The van der Waals surface area contributed by atoms with Crippen LogP contribution in [0.1, 0.15) is 11.3 Å². The van der Waals surface area contributed by atoms with E-state index < -0.39 is 0 Å². The summed E-state index contributed by atoms with van der Waals surface area (Å²) in [6.45, 7) is 3.38. The number of rotatable bonds is 6. The molecule has 0 radical (unpaired) electrons. The molecule has 23 heavy (non-hydrogen) atoms. The Labute approximate surface area is 144 Å². The minimum absolute atomic E-state index is 0.625. The zero-order chi connectivity index (χ0) is 16.2. The van der Waals surface area contributed by atoms with Gasteiger partial charge in [0.25, 0.3) is 0 Å². The molecular formula is C16H17ClN4OS. The third-order valence-corrected chi connectivity index (χ3v) is 5.09. The highest BCUT2D eigenvalue weighted by atomic mass is 35.5. The van der Waals surface area contributed by atoms with Crippen LogP contribution in [-0.2, 0) is 17.0 Å². The lowest BCUT2D eigenvalue weighted by Gasteiger charge is -2.10. The highest BCUT2D eigenvalue weighted by Crippen LogP contribution is 2.30. The van der Waals surface area contributed by atoms with E-state index in [2.05, 4.69) is 10.2 Å². The molecule has 2 aromatic heterocycles. The van der Waals surface area contributed by atoms with E-state index in [4.69, 9.17) is 21.3 Å². The number of methoxy groups -OCH3 is 1. The first-order valence-electron chi connectivity index (χ1n) is 7.24. The number of benzene rings is 1. The third kappa shape index (κ3) is 3.49. The first-order valence-corrected chi connectivity index (χ1v) is 8.60. The van der Waals surface area contributed by atoms with Gasteiger partial charge in [-0.15, -0.1) is 10.2 Å². The Morgan fingerprint density at radius 2 is 2.13 bits per heavy atom. The molecule has 2 heterocycles. The first-order chi connectivity index (χ1) is 11.2. The molecule has 1 aromatic carbocycles. The molecule has 0 unspecified atom stereocenters. The normalized spacial score (nSPS) is 11.3. The molecule has 0 aliphatic carbocycles. The summed E-state index contributed by atoms with van der Waals surface area (Å²) < 4.78 is 7.07. The van der Waals surface area contributed by atoms with Crippen LogP contribution in [-0.4, -0.2) is 33.5 Å². The maximum atomic E-state index is 6.50. The minimum atomic E-state index is 0.625. The van der Waals surface area contributed by atoms with E-state index >= 15 is 0 Å². The van der Waals surface area contributed by atoms with Crippen molar-refractivity contribution < 1.29 is 4.74 Å². The Morgan fingerprint density at radius 1 is 1.30 bits per heavy atom. The average molecular weight is 349 g/mol. The van der Waals surface area contributed by atoms with E-state index in [1.54, 1.807) is 25.2 Å². The predicted octanol–water partition coefficient (Wildman–Crippen LogP) is 3.73. The fraction of sp³-hybridized carbons (Fsp3) is 0.312. The van der Waals surface area contributed by atoms with E-state index in [-0.39, 0.29) is 0 Å². The number of para-hydroxylation sites is 1. The van der Waals surface area contributed by atoms with Gasteiger partial charge in [0.2, 0.25) is 0 Å². The van der Waals surface area contributed by atoms with Crippen molar-refractivity contribution in [3.05, 3.63) is 46.9 Å². The van der Waals surface area contributed by atoms with Crippen LogP contribution in [0.5, 0.6) is 0 Å². The zero-order valence-corrected chi connectivity index (χ0v) is 14.6. The molecule has 3 aromatic rings. The summed E-state index contributed by atoms with van der Waals surface area (Å²) in [5.41, 5.74) is 2.90. The number of ether oxygens (including phenoxy) is 1. The molecule has 0 aliphatic rings. The van der Waals surface area contributed by atoms with Crippen molar-refractivity contribution in [2.75, 3.05) is 13.7 Å². The number of thioether (sulfide) groups is 1. The number of nitrogens with zero attached hydrogens (tertiary/aromatic N) is 4. The summed E-state index contributed by atoms with van der Waals surface area (Å²) >= 11 is 8.07. The monoisotopic (exact) mass is 348 g/mol. The maximum absolute atomic E-state index is 6.50. The van der Waals surface area contributed by atoms with Gasteiger partial charge in [0.05, 0.1) is 22.8 Å². The zero-order valence-electron chi connectivity index (χ0n) is 13.0. The predicted molar refractivity (Wildman–Crippen MR) is 92.9 cm³/mol. The van der Waals surface area contributed by atoms with Gasteiger partial charge in [0.1, 0.15) is 6.33 Å². The molecule has 7 heteroatoms. The van der Waals surface area contributed by atoms with Gasteiger partial charge in [-0.05, 0) is 18.6 Å². The van der Waals surface area contributed by atoms with Crippen LogP contribution in [0.4, 0.5) is 0 Å². The second-order valence-electron chi connectivity index (χ2n) is 5.10. The van der Waals surface area contributed by atoms with Crippen LogP contribution in [0.2, 0.25) is 5.02 Å². The number of aromatic nitrogens is 4. The number of fused-ring (bicyclic) bond motifs is 1.